The molecule has 1 aliphatic rings. The second kappa shape index (κ2) is 53.1. The Morgan fingerprint density at radius 2 is 0.727 bits per heavy atom. The van der Waals surface area contributed by atoms with Crippen molar-refractivity contribution < 1.29 is 22.7 Å². The Morgan fingerprint density at radius 3 is 1.14 bits per heavy atom. The van der Waals surface area contributed by atoms with Gasteiger partial charge in [-0.15, -0.1) is 0 Å². The molecule has 2 aromatic rings. The summed E-state index contributed by atoms with van der Waals surface area (Å²) in [5.41, 5.74) is 20.1. The van der Waals surface area contributed by atoms with Crippen molar-refractivity contribution in [2.45, 2.75) is 360 Å². The zero-order chi connectivity index (χ0) is 55.3. The molecule has 0 atom stereocenters. The van der Waals surface area contributed by atoms with Gasteiger partial charge in [0.15, 0.2) is 0 Å². The van der Waals surface area contributed by atoms with E-state index in [0.29, 0.717) is 0 Å². The quantitative estimate of drug-likeness (QED) is 0.0273. The van der Waals surface area contributed by atoms with Crippen molar-refractivity contribution in [3.8, 4) is 11.8 Å². The van der Waals surface area contributed by atoms with E-state index in [4.69, 9.17) is 0 Å². The van der Waals surface area contributed by atoms with E-state index in [1.807, 2.05) is 0 Å². The number of rotatable bonds is 51. The molecule has 0 aromatic heterocycles. The van der Waals surface area contributed by atoms with Gasteiger partial charge >= 0.3 is 169 Å². The Balaban J connectivity index is 0.000000529. The fourth-order valence-corrected chi connectivity index (χ4v) is 13.0. The minimum absolute atomic E-state index is 0.824. The van der Waals surface area contributed by atoms with E-state index in [0.717, 1.165) is 77.3 Å². The molecule has 442 valence electrons. The zero-order valence-electron chi connectivity index (χ0n) is 52.2. The van der Waals surface area contributed by atoms with E-state index in [-0.39, 0.29) is 0 Å². The van der Waals surface area contributed by atoms with E-state index in [1.165, 1.54) is 298 Å². The predicted octanol–water partition coefficient (Wildman–Crippen LogP) is 25.9. The van der Waals surface area contributed by atoms with Gasteiger partial charge in [0.05, 0.1) is 0 Å². The average molecular weight is 1150 g/mol. The van der Waals surface area contributed by atoms with Crippen LogP contribution in [-0.4, -0.2) is 4.70 Å². The van der Waals surface area contributed by atoms with Crippen molar-refractivity contribution in [1.29, 1.82) is 0 Å². The topological polar surface area (TPSA) is 25.3 Å². The molecule has 0 spiro atoms. The number of allylic oxidation sites excluding steroid dienone is 2. The van der Waals surface area contributed by atoms with Crippen LogP contribution in [0.4, 0.5) is 0 Å². The Morgan fingerprint density at radius 1 is 0.364 bits per heavy atom. The molecule has 3 heteroatoms. The van der Waals surface area contributed by atoms with Crippen molar-refractivity contribution in [3.63, 3.8) is 0 Å². The standard InChI is InChI=1S/C38H52N2.2C18H37.Pd/c1-5-8-11-13-14-15-16-17-19-25-36-31(4)37(34-28-26-32(27-29-34)21-10-7-3)40(39)38(36)35-24-20-23-33(30-35)22-18-12-9-6-2;2*1-3-5-7-9-11-13-15-17-18-16-14-12-10-8-6-4-2;/h20,23-24,26-30H,5-18,21-22H2,1-4H3;2*1,3-18H2,2H3;. The number of nitrogens with zero attached hydrogens (tertiary/aromatic N) is 2. The second-order valence-corrected chi connectivity index (χ2v) is 25.9. The number of hydrogen-bond acceptors (Lipinski definition) is 0. The van der Waals surface area contributed by atoms with Crippen LogP contribution in [-0.2, 0) is 30.8 Å². The van der Waals surface area contributed by atoms with Gasteiger partial charge in [0, 0.05) is 23.1 Å². The van der Waals surface area contributed by atoms with Gasteiger partial charge in [0.25, 0.3) is 0 Å². The monoisotopic (exact) mass is 1150 g/mol. The van der Waals surface area contributed by atoms with Crippen molar-refractivity contribution in [2.75, 3.05) is 0 Å². The first-order chi connectivity index (χ1) is 38.0. The van der Waals surface area contributed by atoms with E-state index >= 15 is 0 Å². The smallest absolute Gasteiger partial charge is 0.0654 e. The summed E-state index contributed by atoms with van der Waals surface area (Å²) in [6.07, 6.45) is 67.1. The minimum atomic E-state index is 0.824. The fourth-order valence-electron chi connectivity index (χ4n) is 11.1. The van der Waals surface area contributed by atoms with Crippen LogP contribution < -0.4 is 0 Å². The third kappa shape index (κ3) is 37.4. The van der Waals surface area contributed by atoms with Crippen LogP contribution in [0.5, 0.6) is 0 Å². The summed E-state index contributed by atoms with van der Waals surface area (Å²) in [5.74, 6) is 6.98. The number of hydrogen-bond donors (Lipinski definition) is 0. The molecule has 0 saturated heterocycles. The first-order valence-electron chi connectivity index (χ1n) is 34.1. The van der Waals surface area contributed by atoms with E-state index in [2.05, 4.69) is 102 Å². The van der Waals surface area contributed by atoms with Gasteiger partial charge in [0.1, 0.15) is 5.57 Å². The van der Waals surface area contributed by atoms with Crippen LogP contribution in [0.3, 0.4) is 0 Å². The SMILES string of the molecule is CCCCCCCCCC#CC1=C(c2cccc(CCCCCC)c2)[N+](=[N-])C(c2ccc(CCCC)cc2)=C1C.CCCCCCCCCCCCCCCCC[CH2][Pd][CH2]CCCCCCCCCCCCCCCCC. The molecule has 2 aromatic carbocycles. The summed E-state index contributed by atoms with van der Waals surface area (Å²) < 4.78 is 1.41. The molecule has 0 radical (unpaired) electrons. The van der Waals surface area contributed by atoms with Gasteiger partial charge in [0.2, 0.25) is 11.4 Å². The van der Waals surface area contributed by atoms with Crippen LogP contribution in [0.1, 0.15) is 359 Å². The molecule has 0 amide bonds. The Kier molecular flexibility index (Phi) is 48.8. The maximum absolute atomic E-state index is 11.6. The molecule has 0 aliphatic carbocycles. The summed E-state index contributed by atoms with van der Waals surface area (Å²) in [4.78, 5) is 3.09. The molecular formula is C74H126N2Pd. The molecule has 0 bridgehead atoms. The summed E-state index contributed by atoms with van der Waals surface area (Å²) in [5, 5.41) is 0. The minimum Gasteiger partial charge on any atom is -0.0654 e. The molecule has 0 fully saturated rings. The number of unbranched alkanes of at least 4 members (excludes halogenated alkanes) is 41. The van der Waals surface area contributed by atoms with Crippen LogP contribution >= 0.6 is 0 Å². The van der Waals surface area contributed by atoms with Crippen molar-refractivity contribution >= 4 is 11.4 Å². The first-order valence-corrected chi connectivity index (χ1v) is 36.3. The van der Waals surface area contributed by atoms with Crippen molar-refractivity contribution in [2.24, 2.45) is 0 Å². The van der Waals surface area contributed by atoms with Crippen LogP contribution in [0.2, 0.25) is 9.79 Å². The molecular weight excluding hydrogens is 1020 g/mol. The van der Waals surface area contributed by atoms with Crippen molar-refractivity contribution in [1.82, 2.24) is 0 Å². The predicted molar refractivity (Wildman–Crippen MR) is 342 cm³/mol. The third-order valence-corrected chi connectivity index (χ3v) is 18.4. The Hall–Kier alpha value is -2.26. The number of aryl methyl sites for hydroxylation is 2. The first kappa shape index (κ1) is 70.8. The molecule has 0 unspecified atom stereocenters. The van der Waals surface area contributed by atoms with Gasteiger partial charge in [-0.2, -0.15) is 0 Å². The molecule has 77 heavy (non-hydrogen) atoms. The summed E-state index contributed by atoms with van der Waals surface area (Å²) >= 11 is 1.06. The molecule has 2 nitrogen and oxygen atoms in total. The van der Waals surface area contributed by atoms with Gasteiger partial charge in [-0.25, -0.2) is 4.70 Å². The Labute approximate surface area is 489 Å². The molecule has 0 N–H and O–H groups in total. The van der Waals surface area contributed by atoms with Gasteiger partial charge < -0.3 is 5.53 Å². The zero-order valence-corrected chi connectivity index (χ0v) is 53.7. The van der Waals surface area contributed by atoms with Crippen LogP contribution in [0, 0.1) is 11.8 Å². The second-order valence-electron chi connectivity index (χ2n) is 23.6. The van der Waals surface area contributed by atoms with Gasteiger partial charge in [-0.3, -0.25) is 0 Å². The number of benzene rings is 2. The molecule has 0 saturated carbocycles. The molecule has 1 heterocycles. The van der Waals surface area contributed by atoms with E-state index in [9.17, 15) is 5.53 Å². The molecule has 1 aliphatic heterocycles. The van der Waals surface area contributed by atoms with Crippen LogP contribution in [0.25, 0.3) is 16.9 Å². The van der Waals surface area contributed by atoms with Gasteiger partial charge in [-0.1, -0.05) is 199 Å². The summed E-state index contributed by atoms with van der Waals surface area (Å²) in [7, 11) is 0. The van der Waals surface area contributed by atoms with Gasteiger partial charge in [-0.05, 0) is 74.4 Å². The van der Waals surface area contributed by atoms with E-state index < -0.39 is 0 Å². The third-order valence-electron chi connectivity index (χ3n) is 16.2. The van der Waals surface area contributed by atoms with E-state index in [1.54, 1.807) is 9.79 Å². The average Bonchev–Trinajstić information content (AvgIpc) is 3.74. The molecule has 3 rings (SSSR count). The fraction of sp³-hybridized carbons (Fsp3) is 0.757. The summed E-state index contributed by atoms with van der Waals surface area (Å²) in [6.45, 7) is 13.5. The normalized spacial score (nSPS) is 12.5. The summed E-state index contributed by atoms with van der Waals surface area (Å²) in [6, 6.07) is 17.5. The van der Waals surface area contributed by atoms with Crippen molar-refractivity contribution in [3.05, 3.63) is 87.5 Å². The van der Waals surface area contributed by atoms with Crippen LogP contribution in [0.15, 0.2) is 59.7 Å². The Bertz CT molecular complexity index is 1750. The maximum atomic E-state index is 11.6.